The minimum absolute atomic E-state index is 0.657. The molecule has 0 aromatic rings. The molecule has 0 aromatic carbocycles. The van der Waals surface area contributed by atoms with E-state index >= 15 is 0 Å². The molecule has 0 radical (unpaired) electrons. The maximum atomic E-state index is 3.54. The number of piperidine rings is 2. The van der Waals surface area contributed by atoms with Crippen LogP contribution in [0.25, 0.3) is 0 Å². The lowest BCUT2D eigenvalue weighted by molar-refractivity contribution is 0.0615. The number of rotatable bonds is 6. The van der Waals surface area contributed by atoms with E-state index in [0.29, 0.717) is 5.54 Å². The molecule has 0 aromatic heterocycles. The Labute approximate surface area is 159 Å². The van der Waals surface area contributed by atoms with Gasteiger partial charge < -0.3 is 5.32 Å². The van der Waals surface area contributed by atoms with Crippen LogP contribution in [-0.4, -0.2) is 36.6 Å². The van der Waals surface area contributed by atoms with Gasteiger partial charge in [-0.2, -0.15) is 0 Å². The van der Waals surface area contributed by atoms with Crippen molar-refractivity contribution in [3.05, 3.63) is 0 Å². The average Bonchev–Trinajstić information content (AvgIpc) is 3.52. The summed E-state index contributed by atoms with van der Waals surface area (Å²) < 4.78 is 0. The van der Waals surface area contributed by atoms with Gasteiger partial charge in [-0.25, -0.2) is 0 Å². The van der Waals surface area contributed by atoms with Crippen LogP contribution in [0.4, 0.5) is 0 Å². The molecule has 0 spiro atoms. The van der Waals surface area contributed by atoms with Crippen LogP contribution in [0.1, 0.15) is 99.3 Å². The lowest BCUT2D eigenvalue weighted by Gasteiger charge is -2.43. The standard InChI is InChI=1S/C19H36N2.2C2H6/c1-3-16(2)4-5-17-8-14-21(15-9-17)19(10-11-19)18-6-12-20-13-7-18;2*1-2/h16-18,20H,3-15H2,1-2H3;2*1-2H3. The zero-order valence-electron chi connectivity index (χ0n) is 18.4. The molecule has 2 aliphatic heterocycles. The Kier molecular flexibility index (Phi) is 11.3. The van der Waals surface area contributed by atoms with E-state index in [1.807, 2.05) is 27.7 Å². The quantitative estimate of drug-likeness (QED) is 0.620. The first-order chi connectivity index (χ1) is 12.2. The lowest BCUT2D eigenvalue weighted by atomic mass is 9.83. The summed E-state index contributed by atoms with van der Waals surface area (Å²) in [6.45, 7) is 18.1. The average molecular weight is 353 g/mol. The van der Waals surface area contributed by atoms with Gasteiger partial charge in [-0.15, -0.1) is 0 Å². The molecule has 2 heteroatoms. The first-order valence-corrected chi connectivity index (χ1v) is 11.7. The first-order valence-electron chi connectivity index (χ1n) is 11.7. The molecule has 2 heterocycles. The Bertz CT molecular complexity index is 310. The van der Waals surface area contributed by atoms with Crippen LogP contribution < -0.4 is 5.32 Å². The van der Waals surface area contributed by atoms with Crippen molar-refractivity contribution in [3.8, 4) is 0 Å². The summed E-state index contributed by atoms with van der Waals surface area (Å²) in [5.74, 6) is 2.96. The highest BCUT2D eigenvalue weighted by atomic mass is 15.2. The van der Waals surface area contributed by atoms with Crippen molar-refractivity contribution in [3.63, 3.8) is 0 Å². The SMILES string of the molecule is CC.CC.CCC(C)CCC1CCN(C2(C3CCNCC3)CC2)CC1. The van der Waals surface area contributed by atoms with Crippen molar-refractivity contribution in [2.75, 3.05) is 26.2 Å². The number of nitrogens with zero attached hydrogens (tertiary/aromatic N) is 1. The second-order valence-corrected chi connectivity index (χ2v) is 8.15. The van der Waals surface area contributed by atoms with Crippen molar-refractivity contribution in [2.24, 2.45) is 17.8 Å². The van der Waals surface area contributed by atoms with Crippen LogP contribution >= 0.6 is 0 Å². The van der Waals surface area contributed by atoms with E-state index in [0.717, 1.165) is 17.8 Å². The molecule has 3 fully saturated rings. The first kappa shape index (κ1) is 23.0. The molecule has 150 valence electrons. The van der Waals surface area contributed by atoms with Crippen LogP contribution in [0, 0.1) is 17.8 Å². The Morgan fingerprint density at radius 2 is 1.52 bits per heavy atom. The molecule has 1 N–H and O–H groups in total. The molecule has 1 aliphatic carbocycles. The topological polar surface area (TPSA) is 15.3 Å². The molecule has 2 nitrogen and oxygen atoms in total. The Morgan fingerprint density at radius 1 is 0.960 bits per heavy atom. The van der Waals surface area contributed by atoms with Gasteiger partial charge in [0, 0.05) is 5.54 Å². The highest BCUT2D eigenvalue weighted by Crippen LogP contribution is 2.52. The summed E-state index contributed by atoms with van der Waals surface area (Å²) in [4.78, 5) is 2.92. The van der Waals surface area contributed by atoms with E-state index in [2.05, 4.69) is 24.1 Å². The Balaban J connectivity index is 0.000000730. The number of hydrogen-bond donors (Lipinski definition) is 1. The van der Waals surface area contributed by atoms with Gasteiger partial charge in [0.05, 0.1) is 0 Å². The third-order valence-electron chi connectivity index (χ3n) is 6.87. The highest BCUT2D eigenvalue weighted by molar-refractivity contribution is 5.09. The molecule has 1 unspecified atom stereocenters. The highest BCUT2D eigenvalue weighted by Gasteiger charge is 2.53. The van der Waals surface area contributed by atoms with Crippen LogP contribution in [-0.2, 0) is 0 Å². The fraction of sp³-hybridized carbons (Fsp3) is 1.00. The Hall–Kier alpha value is -0.0800. The molecule has 1 saturated carbocycles. The van der Waals surface area contributed by atoms with E-state index in [1.54, 1.807) is 0 Å². The van der Waals surface area contributed by atoms with E-state index in [1.165, 1.54) is 84.0 Å². The minimum atomic E-state index is 0.657. The van der Waals surface area contributed by atoms with Crippen LogP contribution in [0.15, 0.2) is 0 Å². The fourth-order valence-electron chi connectivity index (χ4n) is 4.86. The lowest BCUT2D eigenvalue weighted by Crippen LogP contribution is -2.49. The molecule has 0 amide bonds. The molecular weight excluding hydrogens is 304 g/mol. The van der Waals surface area contributed by atoms with Gasteiger partial charge in [0.1, 0.15) is 0 Å². The predicted octanol–water partition coefficient (Wildman–Crippen LogP) is 6.11. The monoisotopic (exact) mass is 352 g/mol. The molecule has 0 bridgehead atoms. The van der Waals surface area contributed by atoms with Crippen LogP contribution in [0.2, 0.25) is 0 Å². The molecule has 3 rings (SSSR count). The summed E-state index contributed by atoms with van der Waals surface area (Å²) in [5, 5.41) is 3.54. The zero-order valence-corrected chi connectivity index (χ0v) is 18.4. The van der Waals surface area contributed by atoms with Gasteiger partial charge in [-0.05, 0) is 82.5 Å². The van der Waals surface area contributed by atoms with Gasteiger partial charge in [0.25, 0.3) is 0 Å². The van der Waals surface area contributed by atoms with Crippen molar-refractivity contribution >= 4 is 0 Å². The Morgan fingerprint density at radius 3 is 2.00 bits per heavy atom. The molecule has 1 atom stereocenters. The zero-order chi connectivity index (χ0) is 18.7. The third kappa shape index (κ3) is 6.54. The molecule has 2 saturated heterocycles. The summed E-state index contributed by atoms with van der Waals surface area (Å²) in [5.41, 5.74) is 0.657. The van der Waals surface area contributed by atoms with Gasteiger partial charge in [0.15, 0.2) is 0 Å². The number of hydrogen-bond acceptors (Lipinski definition) is 2. The van der Waals surface area contributed by atoms with Crippen molar-refractivity contribution in [2.45, 2.75) is 105 Å². The third-order valence-corrected chi connectivity index (χ3v) is 6.87. The maximum absolute atomic E-state index is 3.54. The molecule has 3 aliphatic rings. The maximum Gasteiger partial charge on any atom is 0.0240 e. The smallest absolute Gasteiger partial charge is 0.0240 e. The van der Waals surface area contributed by atoms with E-state index in [9.17, 15) is 0 Å². The van der Waals surface area contributed by atoms with Gasteiger partial charge >= 0.3 is 0 Å². The minimum Gasteiger partial charge on any atom is -0.317 e. The summed E-state index contributed by atoms with van der Waals surface area (Å²) in [7, 11) is 0. The predicted molar refractivity (Wildman–Crippen MR) is 113 cm³/mol. The van der Waals surface area contributed by atoms with E-state index in [4.69, 9.17) is 0 Å². The summed E-state index contributed by atoms with van der Waals surface area (Å²) >= 11 is 0. The second kappa shape index (κ2) is 12.3. The van der Waals surface area contributed by atoms with Crippen molar-refractivity contribution in [1.82, 2.24) is 10.2 Å². The number of nitrogens with one attached hydrogen (secondary N) is 1. The second-order valence-electron chi connectivity index (χ2n) is 8.15. The normalized spacial score (nSPS) is 25.2. The van der Waals surface area contributed by atoms with Gasteiger partial charge in [0.2, 0.25) is 0 Å². The van der Waals surface area contributed by atoms with E-state index < -0.39 is 0 Å². The van der Waals surface area contributed by atoms with Gasteiger partial charge in [-0.3, -0.25) is 4.90 Å². The number of likely N-dealkylation sites (tertiary alicyclic amines) is 1. The molecular formula is C23H48N2. The van der Waals surface area contributed by atoms with Crippen LogP contribution in [0.5, 0.6) is 0 Å². The fourth-order valence-corrected chi connectivity index (χ4v) is 4.86. The van der Waals surface area contributed by atoms with E-state index in [-0.39, 0.29) is 0 Å². The largest absolute Gasteiger partial charge is 0.317 e. The summed E-state index contributed by atoms with van der Waals surface area (Å²) in [6.07, 6.45) is 13.1. The van der Waals surface area contributed by atoms with Crippen molar-refractivity contribution < 1.29 is 0 Å². The van der Waals surface area contributed by atoms with Crippen molar-refractivity contribution in [1.29, 1.82) is 0 Å². The summed E-state index contributed by atoms with van der Waals surface area (Å²) in [6, 6.07) is 0. The van der Waals surface area contributed by atoms with Gasteiger partial charge in [-0.1, -0.05) is 60.8 Å². The molecule has 25 heavy (non-hydrogen) atoms. The van der Waals surface area contributed by atoms with Crippen LogP contribution in [0.3, 0.4) is 0 Å².